The Morgan fingerprint density at radius 2 is 1.83 bits per heavy atom. The number of nitrogens with zero attached hydrogens (tertiary/aromatic N) is 1. The van der Waals surface area contributed by atoms with Gasteiger partial charge in [0.25, 0.3) is 5.91 Å². The van der Waals surface area contributed by atoms with E-state index in [1.165, 1.54) is 12.1 Å². The third kappa shape index (κ3) is 5.51. The molecule has 0 saturated carbocycles. The van der Waals surface area contributed by atoms with E-state index >= 15 is 0 Å². The van der Waals surface area contributed by atoms with Crippen molar-refractivity contribution in [3.05, 3.63) is 64.9 Å². The first-order valence-electron chi connectivity index (χ1n) is 9.99. The lowest BCUT2D eigenvalue weighted by atomic mass is 9.90. The number of rotatable bonds is 6. The molecule has 1 saturated heterocycles. The van der Waals surface area contributed by atoms with Gasteiger partial charge in [-0.15, -0.1) is 0 Å². The number of nitrogens with one attached hydrogen (secondary N) is 1. The smallest absolute Gasteiger partial charge is 0.260 e. The van der Waals surface area contributed by atoms with Gasteiger partial charge in [-0.3, -0.25) is 9.59 Å². The summed E-state index contributed by atoms with van der Waals surface area (Å²) in [4.78, 5) is 26.9. The minimum Gasteiger partial charge on any atom is -0.484 e. The molecule has 0 unspecified atom stereocenters. The first-order valence-corrected chi connectivity index (χ1v) is 10.4. The van der Waals surface area contributed by atoms with Crippen molar-refractivity contribution in [1.29, 1.82) is 0 Å². The second-order valence-electron chi connectivity index (χ2n) is 8.00. The largest absolute Gasteiger partial charge is 0.484 e. The number of para-hydroxylation sites is 1. The zero-order valence-corrected chi connectivity index (χ0v) is 17.9. The van der Waals surface area contributed by atoms with Crippen molar-refractivity contribution in [3.63, 3.8) is 0 Å². The fourth-order valence-corrected chi connectivity index (χ4v) is 4.02. The Kier molecular flexibility index (Phi) is 6.98. The molecule has 1 aliphatic heterocycles. The van der Waals surface area contributed by atoms with Crippen molar-refractivity contribution in [3.8, 4) is 5.75 Å². The second kappa shape index (κ2) is 9.47. The van der Waals surface area contributed by atoms with Gasteiger partial charge in [0, 0.05) is 24.0 Å². The fourth-order valence-electron chi connectivity index (χ4n) is 3.62. The summed E-state index contributed by atoms with van der Waals surface area (Å²) >= 11 is 6.16. The maximum absolute atomic E-state index is 13.3. The molecule has 1 N–H and O–H groups in total. The van der Waals surface area contributed by atoms with Crippen LogP contribution in [0.5, 0.6) is 5.75 Å². The van der Waals surface area contributed by atoms with E-state index < -0.39 is 11.4 Å². The highest BCUT2D eigenvalue weighted by Gasteiger charge is 2.32. The van der Waals surface area contributed by atoms with Crippen LogP contribution in [0.1, 0.15) is 32.3 Å². The molecule has 2 aromatic carbocycles. The van der Waals surface area contributed by atoms with Crippen molar-refractivity contribution in [1.82, 2.24) is 10.2 Å². The van der Waals surface area contributed by atoms with Crippen LogP contribution in [-0.2, 0) is 15.1 Å². The Labute approximate surface area is 181 Å². The standard InChI is InChI=1S/C23H26ClFN2O3/c1-23(2,19-9-8-17(25)14-20(19)24)26-22(29)16-10-12-27(13-11-16)21(28)15-30-18-6-4-3-5-7-18/h3-9,14,16H,10-13,15H2,1-2H3,(H,26,29). The van der Waals surface area contributed by atoms with Gasteiger partial charge in [-0.05, 0) is 56.5 Å². The Hall–Kier alpha value is -2.60. The first-order chi connectivity index (χ1) is 14.3. The lowest BCUT2D eigenvalue weighted by Gasteiger charge is -2.34. The summed E-state index contributed by atoms with van der Waals surface area (Å²) in [5.41, 5.74) is -0.0807. The van der Waals surface area contributed by atoms with Crippen molar-refractivity contribution in [2.45, 2.75) is 32.2 Å². The van der Waals surface area contributed by atoms with Crippen LogP contribution in [0.25, 0.3) is 0 Å². The molecule has 0 aliphatic carbocycles. The molecule has 1 aliphatic rings. The minimum absolute atomic E-state index is 0.0169. The van der Waals surface area contributed by atoms with Gasteiger partial charge >= 0.3 is 0 Å². The van der Waals surface area contributed by atoms with Crippen molar-refractivity contribution < 1.29 is 18.7 Å². The summed E-state index contributed by atoms with van der Waals surface area (Å²) in [6.45, 7) is 4.67. The van der Waals surface area contributed by atoms with Crippen LogP contribution in [0.4, 0.5) is 4.39 Å². The molecule has 5 nitrogen and oxygen atoms in total. The fraction of sp³-hybridized carbons (Fsp3) is 0.391. The van der Waals surface area contributed by atoms with Crippen molar-refractivity contribution in [2.24, 2.45) is 5.92 Å². The SMILES string of the molecule is CC(C)(NC(=O)C1CCN(C(=O)COc2ccccc2)CC1)c1ccc(F)cc1Cl. The van der Waals surface area contributed by atoms with E-state index in [9.17, 15) is 14.0 Å². The van der Waals surface area contributed by atoms with E-state index in [-0.39, 0.29) is 29.4 Å². The molecule has 2 aromatic rings. The predicted molar refractivity (Wildman–Crippen MR) is 114 cm³/mol. The van der Waals surface area contributed by atoms with E-state index in [0.29, 0.717) is 37.2 Å². The van der Waals surface area contributed by atoms with Crippen molar-refractivity contribution >= 4 is 23.4 Å². The number of amides is 2. The highest BCUT2D eigenvalue weighted by molar-refractivity contribution is 6.31. The van der Waals surface area contributed by atoms with E-state index in [0.717, 1.165) is 0 Å². The van der Waals surface area contributed by atoms with Crippen LogP contribution in [0.15, 0.2) is 48.5 Å². The number of likely N-dealkylation sites (tertiary alicyclic amines) is 1. The van der Waals surface area contributed by atoms with Gasteiger partial charge in [0.1, 0.15) is 11.6 Å². The van der Waals surface area contributed by atoms with Crippen LogP contribution in [-0.4, -0.2) is 36.4 Å². The summed E-state index contributed by atoms with van der Waals surface area (Å²) in [5, 5.41) is 3.30. The van der Waals surface area contributed by atoms with Gasteiger partial charge in [-0.1, -0.05) is 35.9 Å². The highest BCUT2D eigenvalue weighted by atomic mass is 35.5. The van der Waals surface area contributed by atoms with Gasteiger partial charge < -0.3 is 15.0 Å². The molecular formula is C23H26ClFN2O3. The molecule has 0 atom stereocenters. The molecule has 0 aromatic heterocycles. The van der Waals surface area contributed by atoms with E-state index in [1.807, 2.05) is 32.0 Å². The zero-order chi connectivity index (χ0) is 21.7. The number of halogens is 2. The summed E-state index contributed by atoms with van der Waals surface area (Å²) < 4.78 is 18.8. The topological polar surface area (TPSA) is 58.6 Å². The lowest BCUT2D eigenvalue weighted by molar-refractivity contribution is -0.137. The van der Waals surface area contributed by atoms with E-state index in [1.54, 1.807) is 23.1 Å². The Morgan fingerprint density at radius 1 is 1.17 bits per heavy atom. The van der Waals surface area contributed by atoms with Gasteiger partial charge in [0.2, 0.25) is 5.91 Å². The van der Waals surface area contributed by atoms with Crippen LogP contribution in [0, 0.1) is 11.7 Å². The quantitative estimate of drug-likeness (QED) is 0.746. The average molecular weight is 433 g/mol. The number of carbonyl (C=O) groups excluding carboxylic acids is 2. The summed E-state index contributed by atoms with van der Waals surface area (Å²) in [7, 11) is 0. The molecule has 1 fully saturated rings. The number of hydrogen-bond acceptors (Lipinski definition) is 3. The molecular weight excluding hydrogens is 407 g/mol. The number of carbonyl (C=O) groups is 2. The molecule has 7 heteroatoms. The van der Waals surface area contributed by atoms with E-state index in [2.05, 4.69) is 5.32 Å². The van der Waals surface area contributed by atoms with Crippen LogP contribution < -0.4 is 10.1 Å². The Morgan fingerprint density at radius 3 is 2.47 bits per heavy atom. The molecule has 2 amide bonds. The second-order valence-corrected chi connectivity index (χ2v) is 8.40. The van der Waals surface area contributed by atoms with E-state index in [4.69, 9.17) is 16.3 Å². The van der Waals surface area contributed by atoms with Gasteiger partial charge in [-0.2, -0.15) is 0 Å². The summed E-state index contributed by atoms with van der Waals surface area (Å²) in [5.74, 6) is -0.132. The first kappa shape index (κ1) is 22.1. The zero-order valence-electron chi connectivity index (χ0n) is 17.2. The summed E-state index contributed by atoms with van der Waals surface area (Å²) in [6, 6.07) is 13.4. The highest BCUT2D eigenvalue weighted by Crippen LogP contribution is 2.29. The molecule has 0 spiro atoms. The molecule has 0 bridgehead atoms. The minimum atomic E-state index is -0.738. The summed E-state index contributed by atoms with van der Waals surface area (Å²) in [6.07, 6.45) is 1.16. The van der Waals surface area contributed by atoms with Crippen LogP contribution in [0.2, 0.25) is 5.02 Å². The molecule has 160 valence electrons. The third-order valence-electron chi connectivity index (χ3n) is 5.36. The van der Waals surface area contributed by atoms with Gasteiger partial charge in [0.15, 0.2) is 6.61 Å². The van der Waals surface area contributed by atoms with Gasteiger partial charge in [0.05, 0.1) is 5.54 Å². The Bertz CT molecular complexity index is 897. The number of benzene rings is 2. The van der Waals surface area contributed by atoms with Crippen LogP contribution >= 0.6 is 11.6 Å². The van der Waals surface area contributed by atoms with Crippen molar-refractivity contribution in [2.75, 3.05) is 19.7 Å². The lowest BCUT2D eigenvalue weighted by Crippen LogP contribution is -2.48. The molecule has 30 heavy (non-hydrogen) atoms. The maximum atomic E-state index is 13.3. The molecule has 1 heterocycles. The Balaban J connectivity index is 1.50. The third-order valence-corrected chi connectivity index (χ3v) is 5.68. The molecule has 3 rings (SSSR count). The van der Waals surface area contributed by atoms with Crippen LogP contribution in [0.3, 0.4) is 0 Å². The maximum Gasteiger partial charge on any atom is 0.260 e. The predicted octanol–water partition coefficient (Wildman–Crippen LogP) is 4.15. The number of hydrogen-bond donors (Lipinski definition) is 1. The molecule has 0 radical (unpaired) electrons. The number of ether oxygens (including phenoxy) is 1. The van der Waals surface area contributed by atoms with Gasteiger partial charge in [-0.25, -0.2) is 4.39 Å². The normalized spacial score (nSPS) is 15.0. The number of piperidine rings is 1. The monoisotopic (exact) mass is 432 g/mol. The average Bonchev–Trinajstić information content (AvgIpc) is 2.72.